The van der Waals surface area contributed by atoms with Gasteiger partial charge in [-0.15, -0.1) is 0 Å². The third-order valence-corrected chi connectivity index (χ3v) is 6.92. The molecule has 1 N–H and O–H groups in total. The predicted octanol–water partition coefficient (Wildman–Crippen LogP) is 6.28. The van der Waals surface area contributed by atoms with Crippen LogP contribution in [0.5, 0.6) is 23.0 Å². The molecule has 0 aromatic heterocycles. The van der Waals surface area contributed by atoms with Gasteiger partial charge < -0.3 is 29.2 Å². The molecule has 3 aromatic carbocycles. The number of benzene rings is 3. The van der Waals surface area contributed by atoms with Crippen molar-refractivity contribution in [2.45, 2.75) is 25.1 Å². The van der Waals surface area contributed by atoms with E-state index < -0.39 is 11.7 Å². The standard InChI is InChI=1S/C28H29F3N2O4S/c1-34-23-9-8-17(13-24(23)35-2)12-22-21-16-26(37-4)25(36-3)14-18(21)10-11-33(22)27(38)32-20-7-5-6-19(15-20)28(29,30)31/h5-9,13-16,22H,10-12H2,1-4H3,(H,32,38)/t22-/m0/s1. The molecule has 0 aliphatic carbocycles. The summed E-state index contributed by atoms with van der Waals surface area (Å²) in [7, 11) is 6.33. The van der Waals surface area contributed by atoms with Gasteiger partial charge in [0.25, 0.3) is 0 Å². The average molecular weight is 547 g/mol. The van der Waals surface area contributed by atoms with E-state index in [0.717, 1.165) is 28.8 Å². The second kappa shape index (κ2) is 11.4. The average Bonchev–Trinajstić information content (AvgIpc) is 2.91. The maximum absolute atomic E-state index is 13.3. The van der Waals surface area contributed by atoms with Crippen LogP contribution < -0.4 is 24.3 Å². The summed E-state index contributed by atoms with van der Waals surface area (Å²) in [4.78, 5) is 2.00. The number of thiocarbonyl (C=S) groups is 1. The third-order valence-electron chi connectivity index (χ3n) is 6.58. The van der Waals surface area contributed by atoms with E-state index in [9.17, 15) is 13.2 Å². The maximum Gasteiger partial charge on any atom is 0.416 e. The van der Waals surface area contributed by atoms with E-state index >= 15 is 0 Å². The summed E-state index contributed by atoms with van der Waals surface area (Å²) in [5, 5.41) is 3.35. The van der Waals surface area contributed by atoms with Gasteiger partial charge in [0.05, 0.1) is 40.0 Å². The first-order chi connectivity index (χ1) is 18.2. The molecule has 1 heterocycles. The minimum absolute atomic E-state index is 0.234. The van der Waals surface area contributed by atoms with Crippen molar-refractivity contribution in [2.75, 3.05) is 40.3 Å². The molecule has 0 saturated carbocycles. The number of nitrogens with zero attached hydrogens (tertiary/aromatic N) is 1. The van der Waals surface area contributed by atoms with Crippen molar-refractivity contribution >= 4 is 23.0 Å². The third kappa shape index (κ3) is 5.75. The van der Waals surface area contributed by atoms with Crippen molar-refractivity contribution < 1.29 is 32.1 Å². The Bertz CT molecular complexity index is 1320. The number of anilines is 1. The molecule has 0 bridgehead atoms. The Morgan fingerprint density at radius 1 is 0.895 bits per heavy atom. The van der Waals surface area contributed by atoms with Gasteiger partial charge in [-0.05, 0) is 84.2 Å². The number of hydrogen-bond acceptors (Lipinski definition) is 5. The summed E-state index contributed by atoms with van der Waals surface area (Å²) in [6.07, 6.45) is -3.23. The van der Waals surface area contributed by atoms with Gasteiger partial charge in [0.2, 0.25) is 0 Å². The quantitative estimate of drug-likeness (QED) is 0.350. The molecular formula is C28H29F3N2O4S. The predicted molar refractivity (Wildman–Crippen MR) is 144 cm³/mol. The largest absolute Gasteiger partial charge is 0.493 e. The SMILES string of the molecule is COc1ccc(C[C@H]2c3cc(OC)c(OC)cc3CCN2C(=S)Nc2cccc(C(F)(F)F)c2)cc1OC. The van der Waals surface area contributed by atoms with Crippen molar-refractivity contribution in [1.29, 1.82) is 0 Å². The second-order valence-corrected chi connectivity index (χ2v) is 9.15. The minimum atomic E-state index is -4.45. The van der Waals surface area contributed by atoms with Crippen LogP contribution in [0.15, 0.2) is 54.6 Å². The Balaban J connectivity index is 1.71. The summed E-state index contributed by atoms with van der Waals surface area (Å²) in [5.41, 5.74) is 2.59. The molecule has 38 heavy (non-hydrogen) atoms. The first kappa shape index (κ1) is 27.4. The normalized spacial score (nSPS) is 14.9. The Kier molecular flexibility index (Phi) is 8.20. The van der Waals surface area contributed by atoms with E-state index in [4.69, 9.17) is 31.2 Å². The van der Waals surface area contributed by atoms with Crippen LogP contribution in [-0.2, 0) is 19.0 Å². The number of methoxy groups -OCH3 is 4. The van der Waals surface area contributed by atoms with Gasteiger partial charge in [0.1, 0.15) is 0 Å². The topological polar surface area (TPSA) is 52.2 Å². The second-order valence-electron chi connectivity index (χ2n) is 8.77. The fraction of sp³-hybridized carbons (Fsp3) is 0.321. The fourth-order valence-corrected chi connectivity index (χ4v) is 5.03. The molecule has 0 amide bonds. The lowest BCUT2D eigenvalue weighted by Gasteiger charge is -2.39. The first-order valence-electron chi connectivity index (χ1n) is 11.9. The summed E-state index contributed by atoms with van der Waals surface area (Å²) >= 11 is 5.75. The van der Waals surface area contributed by atoms with Crippen LogP contribution in [0, 0.1) is 0 Å². The Labute approximate surface area is 225 Å². The molecule has 0 unspecified atom stereocenters. The molecular weight excluding hydrogens is 517 g/mol. The van der Waals surface area contributed by atoms with Crippen LogP contribution in [0.25, 0.3) is 0 Å². The zero-order chi connectivity index (χ0) is 27.4. The Morgan fingerprint density at radius 2 is 1.55 bits per heavy atom. The van der Waals surface area contributed by atoms with Crippen LogP contribution in [-0.4, -0.2) is 45.0 Å². The minimum Gasteiger partial charge on any atom is -0.493 e. The van der Waals surface area contributed by atoms with Crippen LogP contribution in [0.2, 0.25) is 0 Å². The summed E-state index contributed by atoms with van der Waals surface area (Å²) in [6.45, 7) is 0.561. The van der Waals surface area contributed by atoms with Crippen molar-refractivity contribution in [2.24, 2.45) is 0 Å². The summed E-state index contributed by atoms with van der Waals surface area (Å²) in [6, 6.07) is 14.4. The van der Waals surface area contributed by atoms with Crippen LogP contribution >= 0.6 is 12.2 Å². The van der Waals surface area contributed by atoms with E-state index in [-0.39, 0.29) is 11.7 Å². The van der Waals surface area contributed by atoms with Gasteiger partial charge in [0.15, 0.2) is 28.1 Å². The molecule has 10 heteroatoms. The zero-order valence-electron chi connectivity index (χ0n) is 21.5. The van der Waals surface area contributed by atoms with E-state index in [1.54, 1.807) is 34.5 Å². The number of fused-ring (bicyclic) bond motifs is 1. The molecule has 1 atom stereocenters. The van der Waals surface area contributed by atoms with Crippen LogP contribution in [0.3, 0.4) is 0 Å². The number of halogens is 3. The van der Waals surface area contributed by atoms with Crippen LogP contribution in [0.1, 0.15) is 28.3 Å². The first-order valence-corrected chi connectivity index (χ1v) is 12.3. The number of alkyl halides is 3. The molecule has 1 aliphatic heterocycles. The van der Waals surface area contributed by atoms with Gasteiger partial charge in [-0.2, -0.15) is 13.2 Å². The maximum atomic E-state index is 13.3. The monoisotopic (exact) mass is 546 g/mol. The van der Waals surface area contributed by atoms with Crippen molar-refractivity contribution in [3.63, 3.8) is 0 Å². The molecule has 0 radical (unpaired) electrons. The molecule has 4 rings (SSSR count). The Hall–Kier alpha value is -3.66. The number of rotatable bonds is 7. The molecule has 0 saturated heterocycles. The summed E-state index contributed by atoms with van der Waals surface area (Å²) in [5.74, 6) is 2.44. The lowest BCUT2D eigenvalue weighted by Crippen LogP contribution is -2.43. The highest BCUT2D eigenvalue weighted by Crippen LogP contribution is 2.41. The lowest BCUT2D eigenvalue weighted by atomic mass is 9.88. The van der Waals surface area contributed by atoms with Crippen LogP contribution in [0.4, 0.5) is 18.9 Å². The summed E-state index contributed by atoms with van der Waals surface area (Å²) < 4.78 is 61.7. The highest BCUT2D eigenvalue weighted by Gasteiger charge is 2.33. The van der Waals surface area contributed by atoms with Crippen molar-refractivity contribution in [3.8, 4) is 23.0 Å². The van der Waals surface area contributed by atoms with E-state index in [2.05, 4.69) is 5.32 Å². The van der Waals surface area contributed by atoms with E-state index in [1.807, 2.05) is 35.2 Å². The number of hydrogen-bond donors (Lipinski definition) is 1. The van der Waals surface area contributed by atoms with Gasteiger partial charge in [-0.3, -0.25) is 0 Å². The molecule has 3 aromatic rings. The highest BCUT2D eigenvalue weighted by atomic mass is 32.1. The van der Waals surface area contributed by atoms with Crippen molar-refractivity contribution in [1.82, 2.24) is 4.90 Å². The number of nitrogens with one attached hydrogen (secondary N) is 1. The molecule has 1 aliphatic rings. The smallest absolute Gasteiger partial charge is 0.416 e. The van der Waals surface area contributed by atoms with Gasteiger partial charge in [0, 0.05) is 12.2 Å². The van der Waals surface area contributed by atoms with Crippen molar-refractivity contribution in [3.05, 3.63) is 76.9 Å². The van der Waals surface area contributed by atoms with E-state index in [0.29, 0.717) is 47.5 Å². The van der Waals surface area contributed by atoms with Gasteiger partial charge in [-0.25, -0.2) is 0 Å². The van der Waals surface area contributed by atoms with Gasteiger partial charge in [-0.1, -0.05) is 12.1 Å². The van der Waals surface area contributed by atoms with Gasteiger partial charge >= 0.3 is 6.18 Å². The lowest BCUT2D eigenvalue weighted by molar-refractivity contribution is -0.137. The number of ether oxygens (including phenoxy) is 4. The Morgan fingerprint density at radius 3 is 2.21 bits per heavy atom. The molecule has 202 valence electrons. The zero-order valence-corrected chi connectivity index (χ0v) is 22.3. The fourth-order valence-electron chi connectivity index (χ4n) is 4.69. The molecule has 0 fully saturated rings. The highest BCUT2D eigenvalue weighted by molar-refractivity contribution is 7.80. The molecule has 0 spiro atoms. The van der Waals surface area contributed by atoms with E-state index in [1.165, 1.54) is 6.07 Å². The molecule has 6 nitrogen and oxygen atoms in total.